The van der Waals surface area contributed by atoms with Crippen LogP contribution in [0.4, 0.5) is 0 Å². The number of rotatable bonds is 3. The predicted octanol–water partition coefficient (Wildman–Crippen LogP) is 7.05. The monoisotopic (exact) mass is 511 g/mol. The molecule has 1 heterocycles. The van der Waals surface area contributed by atoms with E-state index in [9.17, 15) is 0 Å². The molecule has 0 N–H and O–H groups in total. The second-order valence-electron chi connectivity index (χ2n) is 12.4. The van der Waals surface area contributed by atoms with Gasteiger partial charge in [-0.25, -0.2) is 0 Å². The van der Waals surface area contributed by atoms with Gasteiger partial charge in [0.15, 0.2) is 0 Å². The van der Waals surface area contributed by atoms with Crippen LogP contribution in [0, 0.1) is 52.3 Å². The van der Waals surface area contributed by atoms with Crippen molar-refractivity contribution in [1.82, 2.24) is 0 Å². The van der Waals surface area contributed by atoms with Crippen molar-refractivity contribution in [2.75, 3.05) is 11.5 Å². The fraction of sp³-hybridized carbons (Fsp3) is 0.923. The van der Waals surface area contributed by atoms with Gasteiger partial charge in [-0.2, -0.15) is 0 Å². The molecule has 0 aromatic rings. The molecular weight excluding hydrogens is 467 g/mol. The van der Waals surface area contributed by atoms with Crippen molar-refractivity contribution in [1.29, 1.82) is 0 Å². The quantitative estimate of drug-likeness (QED) is 0.219. The number of alkyl halides is 1. The zero-order valence-electron chi connectivity index (χ0n) is 19.5. The molecule has 0 amide bonds. The van der Waals surface area contributed by atoms with Gasteiger partial charge in [0.2, 0.25) is 0 Å². The molecule has 4 aliphatic carbocycles. The van der Waals surface area contributed by atoms with E-state index in [2.05, 4.69) is 50.0 Å². The Balaban J connectivity index is 1.30. The van der Waals surface area contributed by atoms with Crippen LogP contribution in [-0.4, -0.2) is 26.7 Å². The summed E-state index contributed by atoms with van der Waals surface area (Å²) in [6, 6.07) is 0. The number of halogens is 1. The van der Waals surface area contributed by atoms with E-state index in [1.165, 1.54) is 43.0 Å². The molecule has 5 rings (SSSR count). The SMILES string of the molecule is C[C@H](CI1N=CC=[N+]1C)[C@H]1CC[C@H]2[C@@H]3CC[C@H]4CC(C)(C)CC[C@@H]4[C@H]3CC[C@]12C. The van der Waals surface area contributed by atoms with Crippen LogP contribution in [0.15, 0.2) is 3.21 Å². The van der Waals surface area contributed by atoms with Crippen LogP contribution >= 0.6 is 20.4 Å². The van der Waals surface area contributed by atoms with Crippen LogP contribution < -0.4 is 0 Å². The summed E-state index contributed by atoms with van der Waals surface area (Å²) in [5.41, 5.74) is 1.24. The molecule has 4 fully saturated rings. The van der Waals surface area contributed by atoms with E-state index in [-0.39, 0.29) is 0 Å². The molecule has 0 radical (unpaired) electrons. The molecule has 2 nitrogen and oxygen atoms in total. The van der Waals surface area contributed by atoms with Gasteiger partial charge in [-0.15, -0.1) is 0 Å². The first kappa shape index (κ1) is 20.9. The predicted molar refractivity (Wildman–Crippen MR) is 133 cm³/mol. The molecule has 0 aromatic heterocycles. The van der Waals surface area contributed by atoms with E-state index >= 15 is 0 Å². The molecule has 4 saturated carbocycles. The molecule has 8 atom stereocenters. The number of hydrogen-bond acceptors (Lipinski definition) is 1. The van der Waals surface area contributed by atoms with Crippen LogP contribution in [-0.2, 0) is 0 Å². The minimum atomic E-state index is -1.28. The Labute approximate surface area is 187 Å². The molecular formula is C26H44IN2+. The van der Waals surface area contributed by atoms with Gasteiger partial charge < -0.3 is 0 Å². The Morgan fingerprint density at radius 1 is 1.00 bits per heavy atom. The topological polar surface area (TPSA) is 15.4 Å². The molecule has 0 bridgehead atoms. The van der Waals surface area contributed by atoms with Gasteiger partial charge in [-0.05, 0) is 0 Å². The van der Waals surface area contributed by atoms with Crippen molar-refractivity contribution in [2.45, 2.75) is 85.5 Å². The fourth-order valence-corrected chi connectivity index (χ4v) is 13.2. The van der Waals surface area contributed by atoms with E-state index in [0.717, 1.165) is 41.4 Å². The summed E-state index contributed by atoms with van der Waals surface area (Å²) >= 11 is -1.28. The van der Waals surface area contributed by atoms with Crippen molar-refractivity contribution in [2.24, 2.45) is 55.5 Å². The Morgan fingerprint density at radius 3 is 2.55 bits per heavy atom. The first-order valence-corrected chi connectivity index (χ1v) is 16.0. The van der Waals surface area contributed by atoms with Crippen LogP contribution in [0.5, 0.6) is 0 Å². The van der Waals surface area contributed by atoms with Crippen molar-refractivity contribution >= 4 is 32.8 Å². The Kier molecular flexibility index (Phi) is 5.48. The number of fused-ring (bicyclic) bond motifs is 5. The van der Waals surface area contributed by atoms with Gasteiger partial charge in [0.1, 0.15) is 0 Å². The van der Waals surface area contributed by atoms with Gasteiger partial charge in [0, 0.05) is 0 Å². The van der Waals surface area contributed by atoms with E-state index in [1.807, 2.05) is 0 Å². The average Bonchev–Trinajstić information content (AvgIpc) is 3.23. The second kappa shape index (κ2) is 7.59. The average molecular weight is 512 g/mol. The summed E-state index contributed by atoms with van der Waals surface area (Å²) in [5, 5.41) is 0. The molecule has 3 heteroatoms. The summed E-state index contributed by atoms with van der Waals surface area (Å²) in [5.74, 6) is 7.13. The zero-order valence-corrected chi connectivity index (χ0v) is 21.7. The van der Waals surface area contributed by atoms with E-state index in [0.29, 0.717) is 10.8 Å². The maximum atomic E-state index is 4.88. The molecule has 29 heavy (non-hydrogen) atoms. The molecule has 0 unspecified atom stereocenters. The van der Waals surface area contributed by atoms with Crippen molar-refractivity contribution < 1.29 is 2.79 Å². The molecule has 1 aliphatic heterocycles. The first-order valence-electron chi connectivity index (χ1n) is 12.6. The van der Waals surface area contributed by atoms with Crippen LogP contribution in [0.3, 0.4) is 0 Å². The minimum absolute atomic E-state index is 0.614. The number of hydrogen-bond donors (Lipinski definition) is 0. The van der Waals surface area contributed by atoms with Crippen LogP contribution in [0.2, 0.25) is 0 Å². The molecule has 5 aliphatic rings. The van der Waals surface area contributed by atoms with Crippen molar-refractivity contribution in [3.63, 3.8) is 0 Å². The Bertz CT molecular complexity index is 697. The summed E-state index contributed by atoms with van der Waals surface area (Å²) < 4.78 is 8.75. The Hall–Kier alpha value is 0.0700. The molecule has 164 valence electrons. The standard InChI is InChI=1S/C26H44IN2/c1-18(17-27-28-14-15-29(27)5)23-8-9-24-22-7-6-19-16-25(2,3)12-10-20(19)21(22)11-13-26(23,24)4/h14-15,18-24H,6-13,16-17H2,1-5H3/q+1/t18-,19+,20+,21-,22-,23-,24+,26-/m1/s1. The second-order valence-corrected chi connectivity index (χ2v) is 17.2. The van der Waals surface area contributed by atoms with E-state index in [4.69, 9.17) is 3.21 Å². The van der Waals surface area contributed by atoms with Gasteiger partial charge in [0.25, 0.3) is 0 Å². The van der Waals surface area contributed by atoms with E-state index in [1.54, 1.807) is 19.3 Å². The van der Waals surface area contributed by atoms with Crippen LogP contribution in [0.1, 0.15) is 85.5 Å². The third-order valence-electron chi connectivity index (χ3n) is 10.4. The summed E-state index contributed by atoms with van der Waals surface area (Å²) in [7, 11) is 2.26. The van der Waals surface area contributed by atoms with Gasteiger partial charge >= 0.3 is 188 Å². The third-order valence-corrected chi connectivity index (χ3v) is 15.6. The Morgan fingerprint density at radius 2 is 1.79 bits per heavy atom. The molecule has 0 saturated heterocycles. The summed E-state index contributed by atoms with van der Waals surface area (Å²) in [6.45, 7) is 10.4. The first-order chi connectivity index (χ1) is 13.8. The van der Waals surface area contributed by atoms with E-state index < -0.39 is 20.4 Å². The fourth-order valence-electron chi connectivity index (χ4n) is 9.07. The summed E-state index contributed by atoms with van der Waals surface area (Å²) in [4.78, 5) is 0. The third kappa shape index (κ3) is 3.57. The number of nitrogens with zero attached hydrogens (tertiary/aromatic N) is 2. The van der Waals surface area contributed by atoms with Gasteiger partial charge in [-0.1, -0.05) is 0 Å². The zero-order chi connectivity index (χ0) is 20.4. The van der Waals surface area contributed by atoms with Crippen molar-refractivity contribution in [3.8, 4) is 0 Å². The van der Waals surface area contributed by atoms with Crippen molar-refractivity contribution in [3.05, 3.63) is 0 Å². The van der Waals surface area contributed by atoms with Gasteiger partial charge in [0.05, 0.1) is 0 Å². The van der Waals surface area contributed by atoms with Crippen LogP contribution in [0.25, 0.3) is 0 Å². The molecule has 0 spiro atoms. The molecule has 0 aromatic carbocycles. The van der Waals surface area contributed by atoms with Gasteiger partial charge in [-0.3, -0.25) is 0 Å². The summed E-state index contributed by atoms with van der Waals surface area (Å²) in [6.07, 6.45) is 18.1. The maximum absolute atomic E-state index is 4.88. The normalized spacial score (nSPS) is 47.9.